The highest BCUT2D eigenvalue weighted by Crippen LogP contribution is 2.22. The summed E-state index contributed by atoms with van der Waals surface area (Å²) in [7, 11) is -3.86. The third-order valence-corrected chi connectivity index (χ3v) is 5.40. The summed E-state index contributed by atoms with van der Waals surface area (Å²) in [6, 6.07) is 23.8. The Labute approximate surface area is 163 Å². The molecule has 0 heterocycles. The fraction of sp³-hybridized carbons (Fsp3) is 0.0952. The van der Waals surface area contributed by atoms with Crippen LogP contribution in [0.1, 0.15) is 5.56 Å². The average molecular weight is 397 g/mol. The molecule has 0 bridgehead atoms. The van der Waals surface area contributed by atoms with Crippen molar-refractivity contribution in [3.8, 4) is 16.9 Å². The molecule has 0 aliphatic carbocycles. The van der Waals surface area contributed by atoms with Crippen molar-refractivity contribution >= 4 is 16.0 Å². The predicted octanol–water partition coefficient (Wildman–Crippen LogP) is 3.30. The minimum Gasteiger partial charge on any atom is -0.489 e. The van der Waals surface area contributed by atoms with Gasteiger partial charge in [0.25, 0.3) is 0 Å². The Bertz CT molecular complexity index is 1050. The molecule has 3 aromatic carbocycles. The van der Waals surface area contributed by atoms with Crippen LogP contribution in [0, 0.1) is 0 Å². The lowest BCUT2D eigenvalue weighted by atomic mass is 10.0. The lowest BCUT2D eigenvalue weighted by Crippen LogP contribution is -2.29. The lowest BCUT2D eigenvalue weighted by molar-refractivity contribution is -0.135. The van der Waals surface area contributed by atoms with Gasteiger partial charge < -0.3 is 9.84 Å². The van der Waals surface area contributed by atoms with Crippen LogP contribution in [0.3, 0.4) is 0 Å². The van der Waals surface area contributed by atoms with Gasteiger partial charge in [-0.05, 0) is 47.0 Å². The van der Waals surface area contributed by atoms with Gasteiger partial charge in [-0.25, -0.2) is 8.42 Å². The molecule has 0 atom stereocenters. The van der Waals surface area contributed by atoms with Crippen molar-refractivity contribution in [3.63, 3.8) is 0 Å². The first-order valence-electron chi connectivity index (χ1n) is 8.53. The highest BCUT2D eigenvalue weighted by Gasteiger charge is 2.15. The predicted molar refractivity (Wildman–Crippen MR) is 105 cm³/mol. The largest absolute Gasteiger partial charge is 0.489 e. The first kappa shape index (κ1) is 19.6. The molecule has 0 aromatic heterocycles. The van der Waals surface area contributed by atoms with Crippen molar-refractivity contribution in [1.82, 2.24) is 4.72 Å². The first-order valence-corrected chi connectivity index (χ1v) is 10.0. The zero-order chi connectivity index (χ0) is 20.0. The maximum Gasteiger partial charge on any atom is 0.318 e. The molecule has 0 saturated heterocycles. The number of hydrogen-bond acceptors (Lipinski definition) is 4. The third-order valence-electron chi connectivity index (χ3n) is 3.99. The summed E-state index contributed by atoms with van der Waals surface area (Å²) in [6.07, 6.45) is 0. The van der Waals surface area contributed by atoms with Crippen LogP contribution < -0.4 is 9.46 Å². The van der Waals surface area contributed by atoms with Crippen molar-refractivity contribution in [2.75, 3.05) is 6.54 Å². The fourth-order valence-electron chi connectivity index (χ4n) is 2.59. The molecule has 3 aromatic rings. The van der Waals surface area contributed by atoms with Crippen LogP contribution in [0.4, 0.5) is 0 Å². The van der Waals surface area contributed by atoms with Gasteiger partial charge in [0, 0.05) is 0 Å². The van der Waals surface area contributed by atoms with Gasteiger partial charge in [0.05, 0.1) is 4.90 Å². The Balaban J connectivity index is 1.65. The summed E-state index contributed by atoms with van der Waals surface area (Å²) in [5.41, 5.74) is 3.20. The van der Waals surface area contributed by atoms with Crippen LogP contribution in [-0.2, 0) is 21.4 Å². The van der Waals surface area contributed by atoms with Gasteiger partial charge in [0.15, 0.2) is 0 Å². The number of nitrogens with one attached hydrogen (secondary N) is 1. The van der Waals surface area contributed by atoms with E-state index >= 15 is 0 Å². The highest BCUT2D eigenvalue weighted by molar-refractivity contribution is 7.89. The van der Waals surface area contributed by atoms with E-state index in [0.29, 0.717) is 12.4 Å². The van der Waals surface area contributed by atoms with E-state index in [1.807, 2.05) is 59.3 Å². The Morgan fingerprint density at radius 3 is 2.25 bits per heavy atom. The molecule has 7 heteroatoms. The second kappa shape index (κ2) is 8.69. The number of carbonyl (C=O) groups is 1. The monoisotopic (exact) mass is 397 g/mol. The summed E-state index contributed by atoms with van der Waals surface area (Å²) < 4.78 is 31.7. The Kier molecular flexibility index (Phi) is 6.08. The van der Waals surface area contributed by atoms with Crippen molar-refractivity contribution in [2.24, 2.45) is 0 Å². The topological polar surface area (TPSA) is 92.7 Å². The Morgan fingerprint density at radius 1 is 0.893 bits per heavy atom. The molecule has 0 saturated carbocycles. The summed E-state index contributed by atoms with van der Waals surface area (Å²) >= 11 is 0. The maximum absolute atomic E-state index is 12.0. The van der Waals surface area contributed by atoms with Crippen LogP contribution in [0.25, 0.3) is 11.1 Å². The number of hydrogen-bond donors (Lipinski definition) is 2. The van der Waals surface area contributed by atoms with Crippen molar-refractivity contribution in [1.29, 1.82) is 0 Å². The van der Waals surface area contributed by atoms with Gasteiger partial charge in [0.1, 0.15) is 18.9 Å². The Morgan fingerprint density at radius 2 is 1.57 bits per heavy atom. The third kappa shape index (κ3) is 5.18. The number of rotatable bonds is 8. The van der Waals surface area contributed by atoms with Crippen LogP contribution in [0.5, 0.6) is 5.75 Å². The second-order valence-electron chi connectivity index (χ2n) is 6.04. The van der Waals surface area contributed by atoms with Crippen molar-refractivity contribution in [3.05, 3.63) is 84.4 Å². The van der Waals surface area contributed by atoms with Crippen LogP contribution in [0.15, 0.2) is 83.8 Å². The minimum atomic E-state index is -3.86. The van der Waals surface area contributed by atoms with Gasteiger partial charge >= 0.3 is 5.97 Å². The molecule has 0 spiro atoms. The fourth-order valence-corrected chi connectivity index (χ4v) is 3.57. The Hall–Kier alpha value is -3.16. The minimum absolute atomic E-state index is 0.0211. The van der Waals surface area contributed by atoms with Crippen LogP contribution >= 0.6 is 0 Å². The molecular weight excluding hydrogens is 378 g/mol. The molecule has 3 rings (SSSR count). The molecule has 2 N–H and O–H groups in total. The average Bonchev–Trinajstić information content (AvgIpc) is 2.72. The molecule has 0 radical (unpaired) electrons. The van der Waals surface area contributed by atoms with E-state index in [4.69, 9.17) is 9.84 Å². The standard InChI is InChI=1S/C21H19NO5S/c23-21(24)14-22-28(25,26)20-11-9-19(10-12-20)27-15-16-5-4-8-18(13-16)17-6-2-1-3-7-17/h1-13,22H,14-15H2,(H,23,24). The van der Waals surface area contributed by atoms with E-state index in [9.17, 15) is 13.2 Å². The quantitative estimate of drug-likeness (QED) is 0.608. The number of sulfonamides is 1. The SMILES string of the molecule is O=C(O)CNS(=O)(=O)c1ccc(OCc2cccc(-c3ccccc3)c2)cc1. The van der Waals surface area contributed by atoms with Crippen LogP contribution in [-0.4, -0.2) is 26.0 Å². The smallest absolute Gasteiger partial charge is 0.318 e. The highest BCUT2D eigenvalue weighted by atomic mass is 32.2. The van der Waals surface area contributed by atoms with Gasteiger partial charge in [-0.15, -0.1) is 0 Å². The molecule has 0 fully saturated rings. The van der Waals surface area contributed by atoms with E-state index in [0.717, 1.165) is 16.7 Å². The lowest BCUT2D eigenvalue weighted by Gasteiger charge is -2.09. The molecule has 0 aliphatic heterocycles. The molecule has 0 amide bonds. The van der Waals surface area contributed by atoms with Gasteiger partial charge in [-0.1, -0.05) is 48.5 Å². The van der Waals surface area contributed by atoms with E-state index in [2.05, 4.69) is 0 Å². The van der Waals surface area contributed by atoms with Crippen molar-refractivity contribution < 1.29 is 23.1 Å². The second-order valence-corrected chi connectivity index (χ2v) is 7.81. The number of ether oxygens (including phenoxy) is 1. The number of benzene rings is 3. The molecular formula is C21H19NO5S. The normalized spacial score (nSPS) is 11.1. The molecule has 144 valence electrons. The van der Waals surface area contributed by atoms with Gasteiger partial charge in [-0.2, -0.15) is 4.72 Å². The number of aliphatic carboxylic acids is 1. The van der Waals surface area contributed by atoms with Gasteiger partial charge in [-0.3, -0.25) is 4.79 Å². The summed E-state index contributed by atoms with van der Waals surface area (Å²) in [4.78, 5) is 10.5. The van der Waals surface area contributed by atoms with Crippen molar-refractivity contribution in [2.45, 2.75) is 11.5 Å². The first-order chi connectivity index (χ1) is 13.4. The number of carboxylic acid groups (broad SMARTS) is 1. The summed E-state index contributed by atoms with van der Waals surface area (Å²) in [5.74, 6) is -0.733. The van der Waals surface area contributed by atoms with Crippen LogP contribution in [0.2, 0.25) is 0 Å². The zero-order valence-corrected chi connectivity index (χ0v) is 15.7. The van der Waals surface area contributed by atoms with E-state index < -0.39 is 22.5 Å². The van der Waals surface area contributed by atoms with E-state index in [1.54, 1.807) is 0 Å². The van der Waals surface area contributed by atoms with E-state index in [1.165, 1.54) is 24.3 Å². The number of carboxylic acids is 1. The zero-order valence-electron chi connectivity index (χ0n) is 14.9. The van der Waals surface area contributed by atoms with E-state index in [-0.39, 0.29) is 4.90 Å². The molecule has 0 unspecified atom stereocenters. The molecule has 28 heavy (non-hydrogen) atoms. The maximum atomic E-state index is 12.0. The van der Waals surface area contributed by atoms with Gasteiger partial charge in [0.2, 0.25) is 10.0 Å². The molecule has 0 aliphatic rings. The summed E-state index contributed by atoms with van der Waals surface area (Å²) in [6.45, 7) is -0.331. The summed E-state index contributed by atoms with van der Waals surface area (Å²) in [5, 5.41) is 8.59. The molecule has 6 nitrogen and oxygen atoms in total.